The maximum atomic E-state index is 12.1. The van der Waals surface area contributed by atoms with Gasteiger partial charge >= 0.3 is 12.1 Å². The zero-order valence-corrected chi connectivity index (χ0v) is 19.0. The molecule has 0 radical (unpaired) electrons. The molecule has 0 saturated heterocycles. The number of carboxylic acids is 1. The number of hydrogen-bond acceptors (Lipinski definition) is 7. The number of rotatable bonds is 10. The Kier molecular flexibility index (Phi) is 7.51. The predicted molar refractivity (Wildman–Crippen MR) is 125 cm³/mol. The van der Waals surface area contributed by atoms with E-state index in [2.05, 4.69) is 39.9 Å². The van der Waals surface area contributed by atoms with Gasteiger partial charge in [-0.2, -0.15) is 0 Å². The van der Waals surface area contributed by atoms with Crippen LogP contribution in [0, 0.1) is 0 Å². The molecule has 0 spiro atoms. The molecule has 0 bridgehead atoms. The van der Waals surface area contributed by atoms with Crippen molar-refractivity contribution in [3.63, 3.8) is 0 Å². The number of alkyl carbamates (subject to hydrolysis) is 1. The number of carbonyl (C=O) groups is 3. The van der Waals surface area contributed by atoms with Gasteiger partial charge in [-0.25, -0.2) is 14.6 Å². The van der Waals surface area contributed by atoms with Crippen LogP contribution in [0.15, 0.2) is 53.9 Å². The summed E-state index contributed by atoms with van der Waals surface area (Å²) in [5.41, 5.74) is 4.56. The summed E-state index contributed by atoms with van der Waals surface area (Å²) in [7, 11) is 0. The molecule has 1 aromatic heterocycles. The lowest BCUT2D eigenvalue weighted by molar-refractivity contribution is -0.125. The zero-order chi connectivity index (χ0) is 23.9. The fourth-order valence-corrected chi connectivity index (χ4v) is 4.46. The number of fused-ring (bicyclic) bond motifs is 3. The summed E-state index contributed by atoms with van der Waals surface area (Å²) in [5.74, 6) is -1.49. The third-order valence-corrected chi connectivity index (χ3v) is 6.15. The van der Waals surface area contributed by atoms with Crippen LogP contribution in [-0.4, -0.2) is 54.4 Å². The molecule has 176 valence electrons. The number of aromatic nitrogens is 1. The van der Waals surface area contributed by atoms with Crippen molar-refractivity contribution in [3.05, 3.63) is 75.7 Å². The Labute approximate surface area is 199 Å². The second-order valence-electron chi connectivity index (χ2n) is 7.51. The SMILES string of the molecule is O=C(COCCNC(=O)OCC1c2ccccc2-c2ccccc21)NCc1nc(C(=O)O)cs1. The topological polar surface area (TPSA) is 127 Å². The minimum absolute atomic E-state index is 0.0116. The first kappa shape index (κ1) is 23.4. The van der Waals surface area contributed by atoms with Gasteiger partial charge in [-0.15, -0.1) is 11.3 Å². The number of thiazole rings is 1. The average Bonchev–Trinajstić information content (AvgIpc) is 3.44. The van der Waals surface area contributed by atoms with Gasteiger partial charge in [-0.05, 0) is 22.3 Å². The lowest BCUT2D eigenvalue weighted by Crippen LogP contribution is -2.31. The Morgan fingerprint density at radius 2 is 1.68 bits per heavy atom. The van der Waals surface area contributed by atoms with E-state index in [0.29, 0.717) is 5.01 Å². The first-order valence-electron chi connectivity index (χ1n) is 10.6. The summed E-state index contributed by atoms with van der Waals surface area (Å²) in [6, 6.07) is 16.2. The maximum absolute atomic E-state index is 12.1. The summed E-state index contributed by atoms with van der Waals surface area (Å²) in [5, 5.41) is 16.0. The number of amides is 2. The lowest BCUT2D eigenvalue weighted by atomic mass is 9.98. The van der Waals surface area contributed by atoms with Gasteiger partial charge in [0.15, 0.2) is 5.69 Å². The number of nitrogens with zero attached hydrogens (tertiary/aromatic N) is 1. The highest BCUT2D eigenvalue weighted by Gasteiger charge is 2.28. The highest BCUT2D eigenvalue weighted by Crippen LogP contribution is 2.44. The fraction of sp³-hybridized carbons (Fsp3) is 0.250. The number of hydrogen-bond donors (Lipinski definition) is 3. The van der Waals surface area contributed by atoms with Crippen molar-refractivity contribution in [2.24, 2.45) is 0 Å². The molecule has 2 amide bonds. The Hall–Kier alpha value is -3.76. The zero-order valence-electron chi connectivity index (χ0n) is 18.2. The van der Waals surface area contributed by atoms with E-state index < -0.39 is 12.1 Å². The monoisotopic (exact) mass is 481 g/mol. The van der Waals surface area contributed by atoms with E-state index in [-0.39, 0.29) is 50.4 Å². The minimum atomic E-state index is -1.11. The van der Waals surface area contributed by atoms with E-state index in [0.717, 1.165) is 33.6 Å². The fourth-order valence-electron chi connectivity index (χ4n) is 3.76. The molecule has 0 unspecified atom stereocenters. The number of nitrogens with one attached hydrogen (secondary N) is 2. The molecule has 3 N–H and O–H groups in total. The third kappa shape index (κ3) is 5.59. The van der Waals surface area contributed by atoms with Crippen molar-refractivity contribution in [1.29, 1.82) is 0 Å². The molecule has 2 aromatic carbocycles. The summed E-state index contributed by atoms with van der Waals surface area (Å²) in [4.78, 5) is 38.6. The van der Waals surface area contributed by atoms with Gasteiger partial charge in [0.05, 0.1) is 13.2 Å². The van der Waals surface area contributed by atoms with Crippen LogP contribution in [0.4, 0.5) is 4.79 Å². The van der Waals surface area contributed by atoms with Crippen LogP contribution in [0.2, 0.25) is 0 Å². The van der Waals surface area contributed by atoms with Crippen LogP contribution in [0.3, 0.4) is 0 Å². The van der Waals surface area contributed by atoms with E-state index in [4.69, 9.17) is 14.6 Å². The molecule has 0 fully saturated rings. The normalized spacial score (nSPS) is 12.0. The van der Waals surface area contributed by atoms with Crippen LogP contribution in [-0.2, 0) is 20.8 Å². The van der Waals surface area contributed by atoms with Crippen molar-refractivity contribution < 1.29 is 29.0 Å². The molecule has 10 heteroatoms. The quantitative estimate of drug-likeness (QED) is 0.380. The van der Waals surface area contributed by atoms with Crippen LogP contribution in [0.5, 0.6) is 0 Å². The molecule has 1 aliphatic carbocycles. The van der Waals surface area contributed by atoms with E-state index in [9.17, 15) is 14.4 Å². The van der Waals surface area contributed by atoms with Gasteiger partial charge in [0, 0.05) is 17.8 Å². The van der Waals surface area contributed by atoms with E-state index in [1.165, 1.54) is 5.38 Å². The second-order valence-corrected chi connectivity index (χ2v) is 8.46. The largest absolute Gasteiger partial charge is 0.476 e. The Balaban J connectivity index is 1.13. The molecule has 3 aromatic rings. The molecule has 0 aliphatic heterocycles. The number of aromatic carboxylic acids is 1. The highest BCUT2D eigenvalue weighted by atomic mass is 32.1. The molecule has 4 rings (SSSR count). The van der Waals surface area contributed by atoms with Gasteiger partial charge in [0.1, 0.15) is 18.2 Å². The van der Waals surface area contributed by atoms with Crippen molar-refractivity contribution >= 4 is 29.3 Å². The van der Waals surface area contributed by atoms with Crippen LogP contribution >= 0.6 is 11.3 Å². The van der Waals surface area contributed by atoms with Crippen molar-refractivity contribution in [1.82, 2.24) is 15.6 Å². The maximum Gasteiger partial charge on any atom is 0.407 e. The van der Waals surface area contributed by atoms with Crippen molar-refractivity contribution in [2.45, 2.75) is 12.5 Å². The molecular formula is C24H23N3O6S. The molecule has 1 heterocycles. The summed E-state index contributed by atoms with van der Waals surface area (Å²) < 4.78 is 10.7. The van der Waals surface area contributed by atoms with Gasteiger partial charge in [-0.3, -0.25) is 4.79 Å². The van der Waals surface area contributed by atoms with Crippen molar-refractivity contribution in [3.8, 4) is 11.1 Å². The summed E-state index contributed by atoms with van der Waals surface area (Å²) in [6.45, 7) is 0.488. The third-order valence-electron chi connectivity index (χ3n) is 5.30. The molecule has 34 heavy (non-hydrogen) atoms. The number of carbonyl (C=O) groups excluding carboxylic acids is 2. The highest BCUT2D eigenvalue weighted by molar-refractivity contribution is 7.09. The molecule has 1 aliphatic rings. The van der Waals surface area contributed by atoms with Gasteiger partial charge < -0.3 is 25.2 Å². The standard InChI is InChI=1S/C24H23N3O6S/c28-21(26-11-22-27-20(14-34-22)23(29)30)13-32-10-9-25-24(31)33-12-19-17-7-3-1-5-15(17)16-6-2-4-8-18(16)19/h1-8,14,19H,9-13H2,(H,25,31)(H,26,28)(H,29,30). The molecular weight excluding hydrogens is 458 g/mol. The van der Waals surface area contributed by atoms with Crippen molar-refractivity contribution in [2.75, 3.05) is 26.4 Å². The smallest absolute Gasteiger partial charge is 0.407 e. The van der Waals surface area contributed by atoms with Gasteiger partial charge in [0.2, 0.25) is 5.91 Å². The first-order chi connectivity index (χ1) is 16.5. The van der Waals surface area contributed by atoms with E-state index in [1.54, 1.807) is 0 Å². The molecule has 9 nitrogen and oxygen atoms in total. The Morgan fingerprint density at radius 1 is 1.00 bits per heavy atom. The van der Waals surface area contributed by atoms with E-state index in [1.807, 2.05) is 24.3 Å². The predicted octanol–water partition coefficient (Wildman–Crippen LogP) is 3.01. The average molecular weight is 482 g/mol. The summed E-state index contributed by atoms with van der Waals surface area (Å²) in [6.07, 6.45) is -0.548. The van der Waals surface area contributed by atoms with Gasteiger partial charge in [-0.1, -0.05) is 48.5 Å². The number of benzene rings is 2. The molecule has 0 saturated carbocycles. The second kappa shape index (κ2) is 10.9. The Morgan fingerprint density at radius 3 is 2.32 bits per heavy atom. The number of ether oxygens (including phenoxy) is 2. The number of carboxylic acid groups (broad SMARTS) is 1. The van der Waals surface area contributed by atoms with E-state index >= 15 is 0 Å². The van der Waals surface area contributed by atoms with Crippen LogP contribution in [0.1, 0.15) is 32.5 Å². The lowest BCUT2D eigenvalue weighted by Gasteiger charge is -2.14. The molecule has 0 atom stereocenters. The minimum Gasteiger partial charge on any atom is -0.476 e. The summed E-state index contributed by atoms with van der Waals surface area (Å²) >= 11 is 1.15. The first-order valence-corrected chi connectivity index (χ1v) is 11.5. The van der Waals surface area contributed by atoms with Gasteiger partial charge in [0.25, 0.3) is 0 Å². The van der Waals surface area contributed by atoms with Crippen LogP contribution in [0.25, 0.3) is 11.1 Å². The van der Waals surface area contributed by atoms with Crippen LogP contribution < -0.4 is 10.6 Å². The Bertz CT molecular complexity index is 1150.